The number of likely N-dealkylation sites (tertiary alicyclic amines) is 1. The van der Waals surface area contributed by atoms with E-state index in [1.54, 1.807) is 7.11 Å². The molecule has 1 fully saturated rings. The zero-order valence-electron chi connectivity index (χ0n) is 13.3. The molecule has 23 heavy (non-hydrogen) atoms. The number of fused-ring (bicyclic) bond motifs is 1. The largest absolute Gasteiger partial charge is 0.494 e. The third-order valence-electron chi connectivity index (χ3n) is 4.64. The van der Waals surface area contributed by atoms with Gasteiger partial charge in [-0.05, 0) is 24.1 Å². The van der Waals surface area contributed by atoms with Crippen LogP contribution in [0.25, 0.3) is 10.9 Å². The Kier molecular flexibility index (Phi) is 3.72. The van der Waals surface area contributed by atoms with Crippen LogP contribution in [0.3, 0.4) is 0 Å². The minimum Gasteiger partial charge on any atom is -0.494 e. The molecule has 0 spiro atoms. The first-order valence-corrected chi connectivity index (χ1v) is 8.07. The fourth-order valence-electron chi connectivity index (χ4n) is 3.30. The van der Waals surface area contributed by atoms with E-state index >= 15 is 0 Å². The lowest BCUT2D eigenvalue weighted by molar-refractivity contribution is 0.0805. The smallest absolute Gasteiger partial charge is 0.145 e. The first kappa shape index (κ1) is 14.2. The molecular formula is C20H20N2O. The number of para-hydroxylation sites is 1. The summed E-state index contributed by atoms with van der Waals surface area (Å²) in [7, 11) is 1.70. The number of rotatable bonds is 4. The highest BCUT2D eigenvalue weighted by molar-refractivity contribution is 5.84. The monoisotopic (exact) mass is 304 g/mol. The van der Waals surface area contributed by atoms with Gasteiger partial charge in [0.2, 0.25) is 0 Å². The molecule has 0 radical (unpaired) electrons. The molecule has 0 N–H and O–H groups in total. The minimum atomic E-state index is 0.520. The predicted octanol–water partition coefficient (Wildman–Crippen LogP) is 4.19. The molecule has 2 aromatic carbocycles. The number of ether oxygens (including phenoxy) is 1. The molecule has 0 bridgehead atoms. The molecular weight excluding hydrogens is 284 g/mol. The second kappa shape index (κ2) is 6.01. The highest BCUT2D eigenvalue weighted by Crippen LogP contribution is 2.34. The van der Waals surface area contributed by atoms with Crippen LogP contribution < -0.4 is 4.74 Å². The molecule has 1 atom stereocenters. The molecule has 0 amide bonds. The molecule has 0 unspecified atom stereocenters. The average Bonchev–Trinajstić information content (AvgIpc) is 2.59. The van der Waals surface area contributed by atoms with Crippen molar-refractivity contribution in [3.8, 4) is 5.75 Å². The predicted molar refractivity (Wildman–Crippen MR) is 92.5 cm³/mol. The number of aromatic nitrogens is 1. The summed E-state index contributed by atoms with van der Waals surface area (Å²) in [5, 5.41) is 1.12. The summed E-state index contributed by atoms with van der Waals surface area (Å²) in [5.41, 5.74) is 3.45. The molecule has 116 valence electrons. The summed E-state index contributed by atoms with van der Waals surface area (Å²) >= 11 is 0. The van der Waals surface area contributed by atoms with Crippen LogP contribution in [0.1, 0.15) is 23.7 Å². The Morgan fingerprint density at radius 3 is 2.65 bits per heavy atom. The van der Waals surface area contributed by atoms with Crippen molar-refractivity contribution in [3.05, 3.63) is 71.9 Å². The van der Waals surface area contributed by atoms with Crippen LogP contribution in [0.4, 0.5) is 0 Å². The molecule has 1 aromatic heterocycles. The average molecular weight is 304 g/mol. The van der Waals surface area contributed by atoms with Gasteiger partial charge in [0.1, 0.15) is 11.3 Å². The first-order valence-electron chi connectivity index (χ1n) is 8.07. The molecule has 1 saturated heterocycles. The van der Waals surface area contributed by atoms with E-state index in [4.69, 9.17) is 9.72 Å². The summed E-state index contributed by atoms with van der Waals surface area (Å²) in [6, 6.07) is 21.6. The van der Waals surface area contributed by atoms with Gasteiger partial charge in [-0.15, -0.1) is 0 Å². The number of hydrogen-bond donors (Lipinski definition) is 0. The molecule has 3 heteroatoms. The number of benzene rings is 2. The van der Waals surface area contributed by atoms with Crippen LogP contribution >= 0.6 is 0 Å². The Morgan fingerprint density at radius 1 is 1.04 bits per heavy atom. The summed E-state index contributed by atoms with van der Waals surface area (Å²) in [5.74, 6) is 0.840. The molecule has 2 heterocycles. The molecule has 0 aliphatic carbocycles. The van der Waals surface area contributed by atoms with Gasteiger partial charge < -0.3 is 4.74 Å². The van der Waals surface area contributed by atoms with Gasteiger partial charge in [0.05, 0.1) is 12.8 Å². The third-order valence-corrected chi connectivity index (χ3v) is 4.64. The highest BCUT2D eigenvalue weighted by atomic mass is 16.5. The summed E-state index contributed by atoms with van der Waals surface area (Å²) in [4.78, 5) is 7.31. The Hall–Kier alpha value is -2.39. The second-order valence-corrected chi connectivity index (χ2v) is 6.02. The first-order chi connectivity index (χ1) is 11.3. The Morgan fingerprint density at radius 2 is 1.91 bits per heavy atom. The maximum atomic E-state index is 5.44. The van der Waals surface area contributed by atoms with Crippen LogP contribution in [0.2, 0.25) is 0 Å². The molecule has 0 saturated carbocycles. The lowest BCUT2D eigenvalue weighted by Crippen LogP contribution is -2.40. The molecule has 1 aliphatic heterocycles. The molecule has 3 aromatic rings. The van der Waals surface area contributed by atoms with Crippen molar-refractivity contribution in [2.24, 2.45) is 0 Å². The van der Waals surface area contributed by atoms with E-state index in [2.05, 4.69) is 53.4 Å². The lowest BCUT2D eigenvalue weighted by Gasteiger charge is -2.41. The van der Waals surface area contributed by atoms with Gasteiger partial charge in [-0.1, -0.05) is 48.5 Å². The maximum Gasteiger partial charge on any atom is 0.145 e. The van der Waals surface area contributed by atoms with Gasteiger partial charge in [0.25, 0.3) is 0 Å². The second-order valence-electron chi connectivity index (χ2n) is 6.02. The van der Waals surface area contributed by atoms with Crippen LogP contribution in [0.15, 0.2) is 60.7 Å². The van der Waals surface area contributed by atoms with Crippen molar-refractivity contribution >= 4 is 10.9 Å². The van der Waals surface area contributed by atoms with Crippen molar-refractivity contribution < 1.29 is 4.74 Å². The van der Waals surface area contributed by atoms with Crippen LogP contribution in [-0.4, -0.2) is 23.5 Å². The van der Waals surface area contributed by atoms with E-state index in [1.807, 2.05) is 12.1 Å². The summed E-state index contributed by atoms with van der Waals surface area (Å²) in [6.07, 6.45) is 1.22. The normalized spacial score (nSPS) is 17.9. The summed E-state index contributed by atoms with van der Waals surface area (Å²) < 4.78 is 5.44. The van der Waals surface area contributed by atoms with Crippen molar-refractivity contribution in [2.75, 3.05) is 13.7 Å². The van der Waals surface area contributed by atoms with Crippen molar-refractivity contribution in [3.63, 3.8) is 0 Å². The van der Waals surface area contributed by atoms with E-state index in [-0.39, 0.29) is 0 Å². The topological polar surface area (TPSA) is 25.4 Å². The molecule has 3 nitrogen and oxygen atoms in total. The number of hydrogen-bond acceptors (Lipinski definition) is 3. The third kappa shape index (κ3) is 2.68. The van der Waals surface area contributed by atoms with Gasteiger partial charge >= 0.3 is 0 Å². The lowest BCUT2D eigenvalue weighted by atomic mass is 9.94. The Bertz CT molecular complexity index is 816. The highest BCUT2D eigenvalue weighted by Gasteiger charge is 2.29. The SMILES string of the molecule is COc1cccc2ccc(CN3CC[C@H]3c3ccccc3)nc12. The van der Waals surface area contributed by atoms with E-state index in [1.165, 1.54) is 12.0 Å². The number of pyridine rings is 1. The van der Waals surface area contributed by atoms with E-state index in [9.17, 15) is 0 Å². The minimum absolute atomic E-state index is 0.520. The van der Waals surface area contributed by atoms with Crippen molar-refractivity contribution in [1.29, 1.82) is 0 Å². The van der Waals surface area contributed by atoms with Crippen molar-refractivity contribution in [2.45, 2.75) is 19.0 Å². The van der Waals surface area contributed by atoms with E-state index in [0.29, 0.717) is 6.04 Å². The van der Waals surface area contributed by atoms with Gasteiger partial charge in [-0.3, -0.25) is 4.90 Å². The molecule has 1 aliphatic rings. The van der Waals surface area contributed by atoms with Gasteiger partial charge in [-0.25, -0.2) is 4.98 Å². The fourth-order valence-corrected chi connectivity index (χ4v) is 3.30. The van der Waals surface area contributed by atoms with Gasteiger partial charge in [-0.2, -0.15) is 0 Å². The van der Waals surface area contributed by atoms with Crippen molar-refractivity contribution in [1.82, 2.24) is 9.88 Å². The number of nitrogens with zero attached hydrogens (tertiary/aromatic N) is 2. The standard InChI is InChI=1S/C20H20N2O/c1-23-19-9-5-8-16-10-11-17(21-20(16)19)14-22-13-12-18(22)15-6-3-2-4-7-15/h2-11,18H,12-14H2,1H3/t18-/m0/s1. The van der Waals surface area contributed by atoms with Crippen LogP contribution in [0, 0.1) is 0 Å². The van der Waals surface area contributed by atoms with Crippen LogP contribution in [-0.2, 0) is 6.54 Å². The fraction of sp³-hybridized carbons (Fsp3) is 0.250. The zero-order chi connectivity index (χ0) is 15.6. The maximum absolute atomic E-state index is 5.44. The number of methoxy groups -OCH3 is 1. The quantitative estimate of drug-likeness (QED) is 0.722. The van der Waals surface area contributed by atoms with Crippen LogP contribution in [0.5, 0.6) is 5.75 Å². The summed E-state index contributed by atoms with van der Waals surface area (Å²) in [6.45, 7) is 2.01. The Balaban J connectivity index is 1.58. The van der Waals surface area contributed by atoms with E-state index in [0.717, 1.165) is 35.4 Å². The van der Waals surface area contributed by atoms with Gasteiger partial charge in [0, 0.05) is 24.5 Å². The van der Waals surface area contributed by atoms with E-state index < -0.39 is 0 Å². The zero-order valence-corrected chi connectivity index (χ0v) is 13.3. The Labute approximate surface area is 136 Å². The molecule has 4 rings (SSSR count). The van der Waals surface area contributed by atoms with Gasteiger partial charge in [0.15, 0.2) is 0 Å².